The number of benzene rings is 3. The Balaban J connectivity index is 1.75. The molecule has 0 aliphatic rings. The largest absolute Gasteiger partial charge is 0.366 e. The van der Waals surface area contributed by atoms with Crippen LogP contribution in [0, 0.1) is 18.6 Å². The Bertz CT molecular complexity index is 1310. The van der Waals surface area contributed by atoms with E-state index in [1.807, 2.05) is 31.2 Å². The molecule has 0 unspecified atom stereocenters. The minimum atomic E-state index is -0.942. The molecule has 8 heteroatoms. The summed E-state index contributed by atoms with van der Waals surface area (Å²) in [6.07, 6.45) is 1.52. The van der Waals surface area contributed by atoms with Crippen molar-refractivity contribution in [3.63, 3.8) is 0 Å². The lowest BCUT2D eigenvalue weighted by atomic mass is 10.1. The molecular formula is C24H18F2N4O2. The van der Waals surface area contributed by atoms with Crippen molar-refractivity contribution in [2.24, 2.45) is 5.73 Å². The number of amides is 2. The molecule has 1 aromatic heterocycles. The molecule has 0 spiro atoms. The number of carbonyl (C=O) groups excluding carboxylic acids is 2. The number of aromatic nitrogens is 2. The molecule has 3 aromatic carbocycles. The molecule has 1 heterocycles. The van der Waals surface area contributed by atoms with E-state index in [0.29, 0.717) is 16.9 Å². The quantitative estimate of drug-likeness (QED) is 0.487. The number of hydrogen-bond acceptors (Lipinski definition) is 3. The van der Waals surface area contributed by atoms with Gasteiger partial charge < -0.3 is 11.1 Å². The van der Waals surface area contributed by atoms with Gasteiger partial charge in [-0.2, -0.15) is 5.10 Å². The molecule has 4 rings (SSSR count). The lowest BCUT2D eigenvalue weighted by Crippen LogP contribution is -2.16. The van der Waals surface area contributed by atoms with E-state index in [1.54, 1.807) is 12.1 Å². The Morgan fingerprint density at radius 3 is 2.28 bits per heavy atom. The highest BCUT2D eigenvalue weighted by molar-refractivity contribution is 6.08. The minimum Gasteiger partial charge on any atom is -0.366 e. The van der Waals surface area contributed by atoms with E-state index < -0.39 is 17.6 Å². The Morgan fingerprint density at radius 2 is 1.62 bits per heavy atom. The number of anilines is 1. The standard InChI is InChI=1S/C24H18F2N4O2/c1-14-2-4-15(5-3-14)22-20(13-30(29-22)18-9-6-16(25)7-10-18)24(32)28-17-8-11-21(26)19(12-17)23(27)31/h2-13H,1H3,(H2,27,31)(H,28,32). The second kappa shape index (κ2) is 8.43. The van der Waals surface area contributed by atoms with Crippen molar-refractivity contribution in [3.8, 4) is 16.9 Å². The van der Waals surface area contributed by atoms with Crippen molar-refractivity contribution in [1.82, 2.24) is 9.78 Å². The van der Waals surface area contributed by atoms with Gasteiger partial charge in [-0.3, -0.25) is 9.59 Å². The third kappa shape index (κ3) is 4.24. The van der Waals surface area contributed by atoms with E-state index in [1.165, 1.54) is 35.1 Å². The molecule has 160 valence electrons. The molecule has 0 saturated carbocycles. The average molecular weight is 432 g/mol. The van der Waals surface area contributed by atoms with Gasteiger partial charge in [0.15, 0.2) is 0 Å². The molecule has 6 nitrogen and oxygen atoms in total. The first kappa shape index (κ1) is 20.9. The maximum absolute atomic E-state index is 13.8. The highest BCUT2D eigenvalue weighted by Crippen LogP contribution is 2.26. The summed E-state index contributed by atoms with van der Waals surface area (Å²) in [5.74, 6) is -2.63. The number of hydrogen-bond donors (Lipinski definition) is 2. The highest BCUT2D eigenvalue weighted by atomic mass is 19.1. The smallest absolute Gasteiger partial charge is 0.259 e. The SMILES string of the molecule is Cc1ccc(-c2nn(-c3ccc(F)cc3)cc2C(=O)Nc2ccc(F)c(C(N)=O)c2)cc1. The monoisotopic (exact) mass is 432 g/mol. The summed E-state index contributed by atoms with van der Waals surface area (Å²) in [5, 5.41) is 7.18. The zero-order valence-corrected chi connectivity index (χ0v) is 17.0. The van der Waals surface area contributed by atoms with Crippen LogP contribution in [0.4, 0.5) is 14.5 Å². The molecule has 0 radical (unpaired) electrons. The zero-order chi connectivity index (χ0) is 22.8. The summed E-state index contributed by atoms with van der Waals surface area (Å²) in [6, 6.07) is 16.7. The number of halogens is 2. The predicted octanol–water partition coefficient (Wildman–Crippen LogP) is 4.48. The second-order valence-electron chi connectivity index (χ2n) is 7.19. The first-order valence-electron chi connectivity index (χ1n) is 9.65. The zero-order valence-electron chi connectivity index (χ0n) is 17.0. The minimum absolute atomic E-state index is 0.203. The van der Waals surface area contributed by atoms with E-state index in [4.69, 9.17) is 5.73 Å². The number of nitrogens with two attached hydrogens (primary N) is 1. The molecule has 4 aromatic rings. The van der Waals surface area contributed by atoms with E-state index in [0.717, 1.165) is 11.6 Å². The Kier molecular flexibility index (Phi) is 5.51. The highest BCUT2D eigenvalue weighted by Gasteiger charge is 2.20. The lowest BCUT2D eigenvalue weighted by Gasteiger charge is -2.07. The molecule has 2 amide bonds. The van der Waals surface area contributed by atoms with Gasteiger partial charge in [0.2, 0.25) is 0 Å². The van der Waals surface area contributed by atoms with Gasteiger partial charge in [-0.15, -0.1) is 0 Å². The summed E-state index contributed by atoms with van der Waals surface area (Å²) in [7, 11) is 0. The van der Waals surface area contributed by atoms with Gasteiger partial charge in [0.1, 0.15) is 17.3 Å². The van der Waals surface area contributed by atoms with Crippen molar-refractivity contribution in [1.29, 1.82) is 0 Å². The molecule has 0 saturated heterocycles. The van der Waals surface area contributed by atoms with Gasteiger partial charge in [-0.05, 0) is 49.4 Å². The number of nitrogens with one attached hydrogen (secondary N) is 1. The van der Waals surface area contributed by atoms with Crippen molar-refractivity contribution >= 4 is 17.5 Å². The maximum Gasteiger partial charge on any atom is 0.259 e. The number of rotatable bonds is 5. The molecular weight excluding hydrogens is 414 g/mol. The molecule has 0 bridgehead atoms. The van der Waals surface area contributed by atoms with E-state index in [9.17, 15) is 18.4 Å². The normalized spacial score (nSPS) is 10.7. The number of primary amides is 1. The summed E-state index contributed by atoms with van der Waals surface area (Å²) in [4.78, 5) is 24.5. The summed E-state index contributed by atoms with van der Waals surface area (Å²) in [5.41, 5.74) is 8.02. The Labute approximate surface area is 182 Å². The maximum atomic E-state index is 13.8. The summed E-state index contributed by atoms with van der Waals surface area (Å²) in [6.45, 7) is 1.94. The third-order valence-corrected chi connectivity index (χ3v) is 4.86. The van der Waals surface area contributed by atoms with Crippen LogP contribution in [-0.2, 0) is 0 Å². The van der Waals surface area contributed by atoms with Gasteiger partial charge in [-0.25, -0.2) is 13.5 Å². The number of carbonyl (C=O) groups is 2. The summed E-state index contributed by atoms with van der Waals surface area (Å²) < 4.78 is 28.6. The first-order chi connectivity index (χ1) is 15.3. The van der Waals surface area contributed by atoms with Crippen LogP contribution in [0.2, 0.25) is 0 Å². The number of nitrogens with zero attached hydrogens (tertiary/aromatic N) is 2. The second-order valence-corrected chi connectivity index (χ2v) is 7.19. The van der Waals surface area contributed by atoms with Crippen LogP contribution >= 0.6 is 0 Å². The van der Waals surface area contributed by atoms with Crippen LogP contribution in [0.15, 0.2) is 72.9 Å². The summed E-state index contributed by atoms with van der Waals surface area (Å²) >= 11 is 0. The molecule has 32 heavy (non-hydrogen) atoms. The van der Waals surface area contributed by atoms with Gasteiger partial charge >= 0.3 is 0 Å². The van der Waals surface area contributed by atoms with Crippen LogP contribution in [0.25, 0.3) is 16.9 Å². The van der Waals surface area contributed by atoms with Crippen molar-refractivity contribution in [2.75, 3.05) is 5.32 Å². The lowest BCUT2D eigenvalue weighted by molar-refractivity contribution is 0.0992. The Morgan fingerprint density at radius 1 is 0.938 bits per heavy atom. The van der Waals surface area contributed by atoms with E-state index in [2.05, 4.69) is 10.4 Å². The van der Waals surface area contributed by atoms with Gasteiger partial charge in [-0.1, -0.05) is 29.8 Å². The predicted molar refractivity (Wildman–Crippen MR) is 117 cm³/mol. The average Bonchev–Trinajstić information content (AvgIpc) is 3.21. The van der Waals surface area contributed by atoms with Crippen molar-refractivity contribution in [3.05, 3.63) is 101 Å². The van der Waals surface area contributed by atoms with Crippen LogP contribution in [0.1, 0.15) is 26.3 Å². The topological polar surface area (TPSA) is 90.0 Å². The molecule has 0 aliphatic carbocycles. The van der Waals surface area contributed by atoms with Crippen molar-refractivity contribution < 1.29 is 18.4 Å². The first-order valence-corrected chi connectivity index (χ1v) is 9.65. The van der Waals surface area contributed by atoms with Crippen molar-refractivity contribution in [2.45, 2.75) is 6.92 Å². The fourth-order valence-electron chi connectivity index (χ4n) is 3.18. The third-order valence-electron chi connectivity index (χ3n) is 4.86. The van der Waals surface area contributed by atoms with Gasteiger partial charge in [0.05, 0.1) is 16.8 Å². The number of aryl methyl sites for hydroxylation is 1. The van der Waals surface area contributed by atoms with Crippen LogP contribution in [0.3, 0.4) is 0 Å². The van der Waals surface area contributed by atoms with Crippen LogP contribution in [0.5, 0.6) is 0 Å². The molecule has 3 N–H and O–H groups in total. The van der Waals surface area contributed by atoms with Gasteiger partial charge in [0.25, 0.3) is 11.8 Å². The molecule has 0 atom stereocenters. The molecule has 0 fully saturated rings. The van der Waals surface area contributed by atoms with E-state index >= 15 is 0 Å². The van der Waals surface area contributed by atoms with Crippen LogP contribution < -0.4 is 11.1 Å². The molecule has 0 aliphatic heterocycles. The van der Waals surface area contributed by atoms with E-state index in [-0.39, 0.29) is 22.6 Å². The fraction of sp³-hybridized carbons (Fsp3) is 0.0417. The van der Waals surface area contributed by atoms with Crippen LogP contribution in [-0.4, -0.2) is 21.6 Å². The van der Waals surface area contributed by atoms with Gasteiger partial charge in [0, 0.05) is 17.4 Å². The fourth-order valence-corrected chi connectivity index (χ4v) is 3.18. The Hall–Kier alpha value is -4.33.